The molecule has 4 heteroatoms. The normalized spacial score (nSPS) is 22.0. The van der Waals surface area contributed by atoms with E-state index in [1.54, 1.807) is 4.90 Å². The van der Waals surface area contributed by atoms with E-state index in [2.05, 4.69) is 6.92 Å². The smallest absolute Gasteiger partial charge is 0.409 e. The van der Waals surface area contributed by atoms with Gasteiger partial charge in [0.1, 0.15) is 6.61 Å². The molecule has 0 aromatic carbocycles. The summed E-state index contributed by atoms with van der Waals surface area (Å²) in [5.74, 6) is 0.627. The number of aliphatic hydroxyl groups excluding tert-OH is 1. The predicted octanol–water partition coefficient (Wildman–Crippen LogP) is 0.847. The zero-order valence-electron chi connectivity index (χ0n) is 8.03. The molecule has 1 saturated heterocycles. The van der Waals surface area contributed by atoms with Crippen LogP contribution >= 0.6 is 0 Å². The Bertz CT molecular complexity index is 172. The third-order valence-corrected chi connectivity index (χ3v) is 2.44. The maximum absolute atomic E-state index is 11.3. The van der Waals surface area contributed by atoms with E-state index in [1.165, 1.54) is 0 Å². The van der Waals surface area contributed by atoms with Gasteiger partial charge in [0.05, 0.1) is 6.61 Å². The van der Waals surface area contributed by atoms with Crippen LogP contribution < -0.4 is 0 Å². The third kappa shape index (κ3) is 2.88. The van der Waals surface area contributed by atoms with E-state index in [9.17, 15) is 4.79 Å². The molecule has 0 aromatic rings. The molecule has 76 valence electrons. The minimum absolute atomic E-state index is 0.100. The van der Waals surface area contributed by atoms with E-state index in [0.29, 0.717) is 5.92 Å². The van der Waals surface area contributed by atoms with Crippen molar-refractivity contribution in [2.75, 3.05) is 26.3 Å². The van der Waals surface area contributed by atoms with Crippen LogP contribution in [0, 0.1) is 5.92 Å². The molecular formula is C9H17NO3. The van der Waals surface area contributed by atoms with Crippen molar-refractivity contribution in [1.82, 2.24) is 4.90 Å². The highest BCUT2D eigenvalue weighted by molar-refractivity contribution is 5.67. The average molecular weight is 187 g/mol. The largest absolute Gasteiger partial charge is 0.447 e. The second-order valence-electron chi connectivity index (χ2n) is 3.35. The van der Waals surface area contributed by atoms with Crippen molar-refractivity contribution in [3.63, 3.8) is 0 Å². The molecule has 13 heavy (non-hydrogen) atoms. The lowest BCUT2D eigenvalue weighted by Crippen LogP contribution is -2.30. The third-order valence-electron chi connectivity index (χ3n) is 2.44. The summed E-state index contributed by atoms with van der Waals surface area (Å²) in [6.07, 6.45) is 1.90. The number of likely N-dealkylation sites (tertiary alicyclic amines) is 1. The number of amides is 1. The molecule has 1 aliphatic rings. The van der Waals surface area contributed by atoms with Gasteiger partial charge in [0.2, 0.25) is 0 Å². The Labute approximate surface area is 78.5 Å². The summed E-state index contributed by atoms with van der Waals surface area (Å²) >= 11 is 0. The van der Waals surface area contributed by atoms with Crippen molar-refractivity contribution in [3.8, 4) is 0 Å². The van der Waals surface area contributed by atoms with Crippen LogP contribution in [0.5, 0.6) is 0 Å². The molecule has 0 aliphatic carbocycles. The Balaban J connectivity index is 2.25. The number of carbonyl (C=O) groups is 1. The van der Waals surface area contributed by atoms with Crippen LogP contribution in [0.2, 0.25) is 0 Å². The van der Waals surface area contributed by atoms with Gasteiger partial charge >= 0.3 is 6.09 Å². The summed E-state index contributed by atoms with van der Waals surface area (Å²) < 4.78 is 4.80. The average Bonchev–Trinajstić information content (AvgIpc) is 2.62. The first kappa shape index (κ1) is 10.3. The van der Waals surface area contributed by atoms with Crippen LogP contribution in [0.15, 0.2) is 0 Å². The monoisotopic (exact) mass is 187 g/mol. The molecule has 0 spiro atoms. The van der Waals surface area contributed by atoms with Gasteiger partial charge in [-0.1, -0.05) is 13.3 Å². The van der Waals surface area contributed by atoms with E-state index < -0.39 is 0 Å². The Hall–Kier alpha value is -0.770. The summed E-state index contributed by atoms with van der Waals surface area (Å²) in [5.41, 5.74) is 0. The number of hydrogen-bond acceptors (Lipinski definition) is 3. The summed E-state index contributed by atoms with van der Waals surface area (Å²) in [6, 6.07) is 0. The van der Waals surface area contributed by atoms with Gasteiger partial charge < -0.3 is 14.7 Å². The fourth-order valence-corrected chi connectivity index (χ4v) is 1.56. The standard InChI is InChI=1S/C9H17NO3/c1-2-8-3-4-10(7-8)9(12)13-6-5-11/h8,11H,2-7H2,1H3. The van der Waals surface area contributed by atoms with E-state index in [0.717, 1.165) is 25.9 Å². The first-order valence-electron chi connectivity index (χ1n) is 4.80. The Morgan fingerprint density at radius 2 is 2.46 bits per heavy atom. The minimum Gasteiger partial charge on any atom is -0.447 e. The number of rotatable bonds is 3. The lowest BCUT2D eigenvalue weighted by atomic mass is 10.1. The van der Waals surface area contributed by atoms with Gasteiger partial charge in [0.15, 0.2) is 0 Å². The van der Waals surface area contributed by atoms with Crippen LogP contribution in [0.1, 0.15) is 19.8 Å². The van der Waals surface area contributed by atoms with Crippen molar-refractivity contribution >= 4 is 6.09 Å². The van der Waals surface area contributed by atoms with Crippen molar-refractivity contribution in [3.05, 3.63) is 0 Å². The molecule has 0 bridgehead atoms. The van der Waals surface area contributed by atoms with Crippen molar-refractivity contribution in [2.45, 2.75) is 19.8 Å². The molecule has 1 aliphatic heterocycles. The van der Waals surface area contributed by atoms with E-state index >= 15 is 0 Å². The zero-order chi connectivity index (χ0) is 9.68. The highest BCUT2D eigenvalue weighted by Gasteiger charge is 2.25. The van der Waals surface area contributed by atoms with Crippen LogP contribution in [0.3, 0.4) is 0 Å². The number of hydrogen-bond donors (Lipinski definition) is 1. The first-order valence-corrected chi connectivity index (χ1v) is 4.80. The van der Waals surface area contributed by atoms with Crippen LogP contribution in [0.25, 0.3) is 0 Å². The SMILES string of the molecule is CCC1CCN(C(=O)OCCO)C1. The Kier molecular flexibility index (Phi) is 4.02. The molecule has 1 atom stereocenters. The highest BCUT2D eigenvalue weighted by atomic mass is 16.6. The van der Waals surface area contributed by atoms with Gasteiger partial charge in [-0.25, -0.2) is 4.79 Å². The van der Waals surface area contributed by atoms with Crippen LogP contribution in [-0.4, -0.2) is 42.4 Å². The molecule has 4 nitrogen and oxygen atoms in total. The summed E-state index contributed by atoms with van der Waals surface area (Å²) in [6.45, 7) is 3.74. The highest BCUT2D eigenvalue weighted by Crippen LogP contribution is 2.19. The lowest BCUT2D eigenvalue weighted by molar-refractivity contribution is 0.0896. The van der Waals surface area contributed by atoms with Crippen LogP contribution in [-0.2, 0) is 4.74 Å². The summed E-state index contributed by atoms with van der Waals surface area (Å²) in [7, 11) is 0. The molecule has 1 rings (SSSR count). The minimum atomic E-state index is -0.287. The Morgan fingerprint density at radius 1 is 1.69 bits per heavy atom. The molecule has 1 N–H and O–H groups in total. The molecule has 0 radical (unpaired) electrons. The number of nitrogens with zero attached hydrogens (tertiary/aromatic N) is 1. The van der Waals surface area contributed by atoms with E-state index in [1.807, 2.05) is 0 Å². The fourth-order valence-electron chi connectivity index (χ4n) is 1.56. The van der Waals surface area contributed by atoms with Gasteiger partial charge in [-0.15, -0.1) is 0 Å². The fraction of sp³-hybridized carbons (Fsp3) is 0.889. The lowest BCUT2D eigenvalue weighted by Gasteiger charge is -2.15. The van der Waals surface area contributed by atoms with Gasteiger partial charge in [0, 0.05) is 13.1 Å². The zero-order valence-corrected chi connectivity index (χ0v) is 8.03. The maximum Gasteiger partial charge on any atom is 0.409 e. The number of ether oxygens (including phenoxy) is 1. The molecule has 1 fully saturated rings. The maximum atomic E-state index is 11.3. The van der Waals surface area contributed by atoms with Crippen molar-refractivity contribution in [1.29, 1.82) is 0 Å². The number of carbonyl (C=O) groups excluding carboxylic acids is 1. The Morgan fingerprint density at radius 3 is 3.00 bits per heavy atom. The summed E-state index contributed by atoms with van der Waals surface area (Å²) in [4.78, 5) is 13.0. The quantitative estimate of drug-likeness (QED) is 0.712. The predicted molar refractivity (Wildman–Crippen MR) is 48.4 cm³/mol. The molecule has 1 amide bonds. The van der Waals surface area contributed by atoms with Gasteiger partial charge in [-0.05, 0) is 12.3 Å². The second-order valence-corrected chi connectivity index (χ2v) is 3.35. The van der Waals surface area contributed by atoms with Gasteiger partial charge in [-0.3, -0.25) is 0 Å². The van der Waals surface area contributed by atoms with Crippen molar-refractivity contribution < 1.29 is 14.6 Å². The topological polar surface area (TPSA) is 49.8 Å². The van der Waals surface area contributed by atoms with E-state index in [4.69, 9.17) is 9.84 Å². The second kappa shape index (κ2) is 5.07. The van der Waals surface area contributed by atoms with E-state index in [-0.39, 0.29) is 19.3 Å². The molecule has 0 saturated carbocycles. The summed E-state index contributed by atoms with van der Waals surface area (Å²) in [5, 5.41) is 8.46. The first-order chi connectivity index (χ1) is 6.27. The van der Waals surface area contributed by atoms with Crippen LogP contribution in [0.4, 0.5) is 4.79 Å². The molecule has 1 unspecified atom stereocenters. The number of aliphatic hydroxyl groups is 1. The molecule has 0 aromatic heterocycles. The van der Waals surface area contributed by atoms with Gasteiger partial charge in [0.25, 0.3) is 0 Å². The van der Waals surface area contributed by atoms with Gasteiger partial charge in [-0.2, -0.15) is 0 Å². The molecular weight excluding hydrogens is 170 g/mol. The molecule has 1 heterocycles. The van der Waals surface area contributed by atoms with Crippen molar-refractivity contribution in [2.24, 2.45) is 5.92 Å².